The maximum absolute atomic E-state index is 13.2. The summed E-state index contributed by atoms with van der Waals surface area (Å²) < 4.78 is 17.0. The molecule has 3 unspecified atom stereocenters. The van der Waals surface area contributed by atoms with Gasteiger partial charge >= 0.3 is 12.1 Å². The number of rotatable bonds is 3. The van der Waals surface area contributed by atoms with Gasteiger partial charge in [-0.2, -0.15) is 0 Å². The van der Waals surface area contributed by atoms with Gasteiger partial charge in [-0.25, -0.2) is 4.79 Å². The quantitative estimate of drug-likeness (QED) is 0.364. The van der Waals surface area contributed by atoms with Crippen molar-refractivity contribution in [1.29, 1.82) is 0 Å². The van der Waals surface area contributed by atoms with Crippen LogP contribution >= 0.6 is 11.6 Å². The van der Waals surface area contributed by atoms with Crippen LogP contribution in [0.4, 0.5) is 10.5 Å². The average Bonchev–Trinajstić information content (AvgIpc) is 3.64. The van der Waals surface area contributed by atoms with Gasteiger partial charge in [-0.05, 0) is 58.4 Å². The molecule has 4 N–H and O–H groups in total. The number of methoxy groups -OCH3 is 1. The van der Waals surface area contributed by atoms with E-state index in [4.69, 9.17) is 30.9 Å². The summed E-state index contributed by atoms with van der Waals surface area (Å²) in [7, 11) is 4.88. The van der Waals surface area contributed by atoms with E-state index in [9.17, 15) is 19.5 Å². The Morgan fingerprint density at radius 1 is 1.33 bits per heavy atom. The number of halogens is 1. The molecule has 6 atom stereocenters. The third kappa shape index (κ3) is 8.72. The van der Waals surface area contributed by atoms with Gasteiger partial charge in [-0.1, -0.05) is 42.3 Å². The minimum absolute atomic E-state index is 0.0879. The van der Waals surface area contributed by atoms with Crippen LogP contribution in [-0.2, 0) is 25.5 Å². The van der Waals surface area contributed by atoms with Gasteiger partial charge in [0.1, 0.15) is 28.6 Å². The highest BCUT2D eigenvalue weighted by Gasteiger charge is 2.58. The molecule has 4 rings (SSSR count). The number of hydrogen-bond acceptors (Lipinski definition) is 8. The van der Waals surface area contributed by atoms with Crippen LogP contribution in [0.25, 0.3) is 0 Å². The number of benzene rings is 1. The number of ether oxygens (including phenoxy) is 3. The first-order valence-electron chi connectivity index (χ1n) is 14.4. The lowest BCUT2D eigenvalue weighted by Gasteiger charge is -2.38. The number of carbonyl (C=O) groups excluding carboxylic acids is 2. The highest BCUT2D eigenvalue weighted by molar-refractivity contribution is 6.35. The summed E-state index contributed by atoms with van der Waals surface area (Å²) in [6.07, 6.45) is 6.20. The predicted octanol–water partition coefficient (Wildman–Crippen LogP) is 4.20. The molecule has 3 aliphatic heterocycles. The molecular weight excluding hydrogens is 578 g/mol. The van der Waals surface area contributed by atoms with Crippen molar-refractivity contribution in [1.82, 2.24) is 10.6 Å². The largest absolute Gasteiger partial charge is 0.495 e. The number of carbonyl (C=O) groups is 3. The van der Waals surface area contributed by atoms with Gasteiger partial charge in [0.25, 0.3) is 0 Å². The Hall–Kier alpha value is -3.12. The molecule has 12 heteroatoms. The summed E-state index contributed by atoms with van der Waals surface area (Å²) in [5, 5.41) is 24.7. The van der Waals surface area contributed by atoms with Gasteiger partial charge in [0.2, 0.25) is 5.91 Å². The fourth-order valence-corrected chi connectivity index (χ4v) is 5.63. The van der Waals surface area contributed by atoms with E-state index in [1.54, 1.807) is 33.0 Å². The van der Waals surface area contributed by atoms with E-state index < -0.39 is 35.5 Å². The van der Waals surface area contributed by atoms with Crippen molar-refractivity contribution in [3.8, 4) is 5.75 Å². The SMILES string of the molecule is CN[C@@H](C)C(=O)O.COc1cc2cc(c1Cl)N(C)C(=O)CCC1(C)OC1[C@H](C)C1C[C@](O)(C/C=C/C=C(\C)C2)NC(=O)O1. The van der Waals surface area contributed by atoms with Gasteiger partial charge < -0.3 is 34.6 Å². The monoisotopic (exact) mass is 621 g/mol. The average molecular weight is 622 g/mol. The molecule has 1 aromatic carbocycles. The van der Waals surface area contributed by atoms with E-state index >= 15 is 0 Å². The number of hydrogen-bond donors (Lipinski definition) is 4. The molecule has 3 aliphatic rings. The first-order chi connectivity index (χ1) is 20.1. The highest BCUT2D eigenvalue weighted by Crippen LogP contribution is 2.47. The van der Waals surface area contributed by atoms with Crippen LogP contribution in [0.5, 0.6) is 5.75 Å². The van der Waals surface area contributed by atoms with Crippen LogP contribution in [0.1, 0.15) is 58.9 Å². The topological polar surface area (TPSA) is 150 Å². The summed E-state index contributed by atoms with van der Waals surface area (Å²) >= 11 is 6.59. The third-order valence-corrected chi connectivity index (χ3v) is 8.65. The number of allylic oxidation sites excluding steroid dienone is 3. The second-order valence-corrected chi connectivity index (χ2v) is 12.1. The molecule has 0 radical (unpaired) electrons. The summed E-state index contributed by atoms with van der Waals surface area (Å²) in [5.41, 5.74) is 0.692. The number of amides is 2. The fraction of sp³-hybridized carbons (Fsp3) is 0.581. The Bertz CT molecular complexity index is 1270. The molecule has 238 valence electrons. The van der Waals surface area contributed by atoms with Crippen molar-refractivity contribution in [2.45, 2.75) is 89.4 Å². The lowest BCUT2D eigenvalue weighted by Crippen LogP contribution is -2.57. The van der Waals surface area contributed by atoms with E-state index in [2.05, 4.69) is 10.6 Å². The molecule has 0 spiro atoms. The second-order valence-electron chi connectivity index (χ2n) is 11.8. The maximum Gasteiger partial charge on any atom is 0.409 e. The van der Waals surface area contributed by atoms with Crippen LogP contribution < -0.4 is 20.3 Å². The molecule has 1 aromatic rings. The molecule has 0 aliphatic carbocycles. The predicted molar refractivity (Wildman–Crippen MR) is 163 cm³/mol. The number of anilines is 1. The first kappa shape index (κ1) is 34.4. The fourth-order valence-electron chi connectivity index (χ4n) is 5.32. The highest BCUT2D eigenvalue weighted by atomic mass is 35.5. The number of nitrogens with zero attached hydrogens (tertiary/aromatic N) is 1. The number of likely N-dealkylation sites (N-methyl/N-ethyl adjacent to an activating group) is 1. The van der Waals surface area contributed by atoms with Crippen molar-refractivity contribution in [3.63, 3.8) is 0 Å². The van der Waals surface area contributed by atoms with Crippen molar-refractivity contribution in [3.05, 3.63) is 46.5 Å². The van der Waals surface area contributed by atoms with Crippen LogP contribution in [0.3, 0.4) is 0 Å². The van der Waals surface area contributed by atoms with E-state index in [-0.39, 0.29) is 37.2 Å². The Labute approximate surface area is 258 Å². The summed E-state index contributed by atoms with van der Waals surface area (Å²) in [6.45, 7) is 7.50. The molecular formula is C31H44ClN3O8. The molecule has 11 nitrogen and oxygen atoms in total. The van der Waals surface area contributed by atoms with E-state index in [0.29, 0.717) is 29.3 Å². The van der Waals surface area contributed by atoms with Crippen molar-refractivity contribution < 1.29 is 38.8 Å². The van der Waals surface area contributed by atoms with E-state index in [1.165, 1.54) is 0 Å². The number of aliphatic hydroxyl groups is 1. The lowest BCUT2D eigenvalue weighted by molar-refractivity contribution is -0.138. The lowest BCUT2D eigenvalue weighted by atomic mass is 9.85. The molecule has 4 bridgehead atoms. The van der Waals surface area contributed by atoms with E-state index in [1.807, 2.05) is 51.1 Å². The number of nitrogens with one attached hydrogen (secondary N) is 2. The number of carboxylic acid groups (broad SMARTS) is 1. The molecule has 2 saturated heterocycles. The van der Waals surface area contributed by atoms with Gasteiger partial charge in [-0.3, -0.25) is 14.9 Å². The van der Waals surface area contributed by atoms with Gasteiger partial charge in [0.15, 0.2) is 0 Å². The van der Waals surface area contributed by atoms with Gasteiger partial charge in [-0.15, -0.1) is 0 Å². The molecule has 2 amide bonds. The Morgan fingerprint density at radius 2 is 2.02 bits per heavy atom. The smallest absolute Gasteiger partial charge is 0.409 e. The van der Waals surface area contributed by atoms with E-state index in [0.717, 1.165) is 11.1 Å². The number of alkyl carbamates (subject to hydrolysis) is 1. The zero-order valence-corrected chi connectivity index (χ0v) is 26.7. The molecule has 0 saturated carbocycles. The Kier molecular flexibility index (Phi) is 11.3. The summed E-state index contributed by atoms with van der Waals surface area (Å²) in [5.74, 6) is -0.545. The zero-order valence-electron chi connectivity index (χ0n) is 25.9. The zero-order chi connectivity index (χ0) is 32.1. The standard InChI is InChI=1S/C27H35ClN2O6.C4H9NO2/c1-16-8-6-7-10-27(33)15-21(35-25(32)29-27)17(2)24-26(3,36-24)11-9-22(31)30(4)19-13-18(12-16)14-20(34-5)23(19)28;1-3(5-2)4(6)7/h6-8,13-14,17,21,24,33H,9-12,15H2,1-5H3,(H,29,32);3,5H,1-2H3,(H,6,7)/b7-6+,16-8+;/t17-,21?,24?,26?,27-;3-/m10/s1. The van der Waals surface area contributed by atoms with Crippen LogP contribution in [0.2, 0.25) is 5.02 Å². The number of epoxide rings is 1. The molecule has 2 fully saturated rings. The summed E-state index contributed by atoms with van der Waals surface area (Å²) in [4.78, 5) is 36.8. The van der Waals surface area contributed by atoms with Crippen LogP contribution in [0, 0.1) is 5.92 Å². The first-order valence-corrected chi connectivity index (χ1v) is 14.7. The Morgan fingerprint density at radius 3 is 2.63 bits per heavy atom. The van der Waals surface area contributed by atoms with Gasteiger partial charge in [0, 0.05) is 32.2 Å². The maximum atomic E-state index is 13.2. The number of aliphatic carboxylic acids is 1. The summed E-state index contributed by atoms with van der Waals surface area (Å²) in [6, 6.07) is 3.36. The Balaban J connectivity index is 0.000000646. The van der Waals surface area contributed by atoms with Crippen LogP contribution in [0.15, 0.2) is 35.9 Å². The molecule has 3 heterocycles. The number of fused-ring (bicyclic) bond motifs is 5. The minimum atomic E-state index is -1.40. The van der Waals surface area contributed by atoms with Crippen LogP contribution in [-0.4, -0.2) is 79.0 Å². The molecule has 0 aromatic heterocycles. The van der Waals surface area contributed by atoms with Crippen molar-refractivity contribution in [2.24, 2.45) is 5.92 Å². The second kappa shape index (κ2) is 14.1. The van der Waals surface area contributed by atoms with Gasteiger partial charge in [0.05, 0.1) is 24.5 Å². The van der Waals surface area contributed by atoms with Crippen molar-refractivity contribution in [2.75, 3.05) is 26.1 Å². The minimum Gasteiger partial charge on any atom is -0.495 e. The molecule has 43 heavy (non-hydrogen) atoms. The number of carboxylic acids is 1. The third-order valence-electron chi connectivity index (χ3n) is 8.27. The normalized spacial score (nSPS) is 32.0. The van der Waals surface area contributed by atoms with Crippen molar-refractivity contribution >= 4 is 35.3 Å².